The molecular weight excluding hydrogens is 188 g/mol. The van der Waals surface area contributed by atoms with Crippen LogP contribution in [-0.4, -0.2) is 23.9 Å². The van der Waals surface area contributed by atoms with Crippen molar-refractivity contribution in [2.24, 2.45) is 5.92 Å². The van der Waals surface area contributed by atoms with E-state index in [9.17, 15) is 4.79 Å². The van der Waals surface area contributed by atoms with Crippen LogP contribution in [0, 0.1) is 5.92 Å². The fraction of sp³-hybridized carbons (Fsp3) is 0.500. The van der Waals surface area contributed by atoms with Gasteiger partial charge in [-0.2, -0.15) is 0 Å². The van der Waals surface area contributed by atoms with Crippen LogP contribution in [0.15, 0.2) is 18.3 Å². The summed E-state index contributed by atoms with van der Waals surface area (Å²) in [5.41, 5.74) is 0.717. The Bertz CT molecular complexity index is 352. The van der Waals surface area contributed by atoms with E-state index in [1.165, 1.54) is 6.42 Å². The Labute approximate surface area is 90.1 Å². The number of hydrogen-bond donors (Lipinski definition) is 0. The zero-order chi connectivity index (χ0) is 10.8. The normalized spacial score (nSPS) is 15.3. The standard InChI is InChI=1S/C12H16N2O/c1-9(2)12(15)10-4-5-11(13-8-10)14-6-3-7-14/h4-5,8-9H,3,6-7H2,1-2H3. The second-order valence-electron chi connectivity index (χ2n) is 4.26. The molecule has 0 aromatic carbocycles. The molecule has 1 aliphatic rings. The fourth-order valence-electron chi connectivity index (χ4n) is 1.60. The van der Waals surface area contributed by atoms with Crippen LogP contribution in [0.5, 0.6) is 0 Å². The number of aromatic nitrogens is 1. The predicted octanol–water partition coefficient (Wildman–Crippen LogP) is 2.13. The van der Waals surface area contributed by atoms with E-state index in [1.807, 2.05) is 26.0 Å². The van der Waals surface area contributed by atoms with Crippen LogP contribution in [0.1, 0.15) is 30.6 Å². The zero-order valence-corrected chi connectivity index (χ0v) is 9.23. The molecule has 2 rings (SSSR count). The lowest BCUT2D eigenvalue weighted by molar-refractivity contribution is 0.0939. The van der Waals surface area contributed by atoms with Crippen LogP contribution in [-0.2, 0) is 0 Å². The molecule has 0 atom stereocenters. The second kappa shape index (κ2) is 4.01. The van der Waals surface area contributed by atoms with Crippen LogP contribution in [0.2, 0.25) is 0 Å². The van der Waals surface area contributed by atoms with Crippen molar-refractivity contribution >= 4 is 11.6 Å². The molecule has 0 radical (unpaired) electrons. The molecule has 0 spiro atoms. The number of hydrogen-bond acceptors (Lipinski definition) is 3. The predicted molar refractivity (Wildman–Crippen MR) is 60.2 cm³/mol. The Hall–Kier alpha value is -1.38. The third-order valence-corrected chi connectivity index (χ3v) is 2.74. The molecule has 2 heterocycles. The first kappa shape index (κ1) is 10.1. The lowest BCUT2D eigenvalue weighted by Crippen LogP contribution is -2.37. The molecule has 15 heavy (non-hydrogen) atoms. The van der Waals surface area contributed by atoms with Crippen molar-refractivity contribution in [1.82, 2.24) is 4.98 Å². The molecule has 0 bridgehead atoms. The maximum Gasteiger partial charge on any atom is 0.166 e. The van der Waals surface area contributed by atoms with Crippen molar-refractivity contribution in [2.75, 3.05) is 18.0 Å². The molecule has 1 aromatic rings. The summed E-state index contributed by atoms with van der Waals surface area (Å²) < 4.78 is 0. The van der Waals surface area contributed by atoms with Gasteiger partial charge in [-0.05, 0) is 18.6 Å². The quantitative estimate of drug-likeness (QED) is 0.707. The van der Waals surface area contributed by atoms with Crippen molar-refractivity contribution < 1.29 is 4.79 Å². The summed E-state index contributed by atoms with van der Waals surface area (Å²) in [7, 11) is 0. The number of Topliss-reactive ketones (excluding diaryl/α,β-unsaturated/α-hetero) is 1. The van der Waals surface area contributed by atoms with Crippen LogP contribution in [0.3, 0.4) is 0 Å². The maximum atomic E-state index is 11.7. The maximum absolute atomic E-state index is 11.7. The van der Waals surface area contributed by atoms with Gasteiger partial charge in [0, 0.05) is 30.8 Å². The highest BCUT2D eigenvalue weighted by atomic mass is 16.1. The van der Waals surface area contributed by atoms with E-state index in [1.54, 1.807) is 6.20 Å². The van der Waals surface area contributed by atoms with Crippen molar-refractivity contribution in [3.05, 3.63) is 23.9 Å². The summed E-state index contributed by atoms with van der Waals surface area (Å²) in [4.78, 5) is 18.2. The molecule has 1 fully saturated rings. The molecule has 80 valence electrons. The number of ketones is 1. The molecule has 0 unspecified atom stereocenters. The lowest BCUT2D eigenvalue weighted by Gasteiger charge is -2.31. The van der Waals surface area contributed by atoms with Crippen LogP contribution in [0.4, 0.5) is 5.82 Å². The monoisotopic (exact) mass is 204 g/mol. The first-order chi connectivity index (χ1) is 7.18. The van der Waals surface area contributed by atoms with Gasteiger partial charge in [-0.3, -0.25) is 4.79 Å². The van der Waals surface area contributed by atoms with Crippen molar-refractivity contribution in [2.45, 2.75) is 20.3 Å². The summed E-state index contributed by atoms with van der Waals surface area (Å²) in [6.07, 6.45) is 2.93. The Morgan fingerprint density at radius 3 is 2.53 bits per heavy atom. The average molecular weight is 204 g/mol. The first-order valence-electron chi connectivity index (χ1n) is 5.43. The molecule has 1 aliphatic heterocycles. The van der Waals surface area contributed by atoms with E-state index >= 15 is 0 Å². The molecular formula is C12H16N2O. The highest BCUT2D eigenvalue weighted by Crippen LogP contribution is 2.18. The molecule has 1 aromatic heterocycles. The fourth-order valence-corrected chi connectivity index (χ4v) is 1.60. The van der Waals surface area contributed by atoms with Crippen molar-refractivity contribution in [1.29, 1.82) is 0 Å². The number of carbonyl (C=O) groups is 1. The van der Waals surface area contributed by atoms with Gasteiger partial charge in [0.2, 0.25) is 0 Å². The Balaban J connectivity index is 2.12. The summed E-state index contributed by atoms with van der Waals surface area (Å²) in [6, 6.07) is 3.82. The van der Waals surface area contributed by atoms with Gasteiger partial charge in [0.05, 0.1) is 0 Å². The van der Waals surface area contributed by atoms with Gasteiger partial charge < -0.3 is 4.90 Å². The lowest BCUT2D eigenvalue weighted by atomic mass is 10.0. The van der Waals surface area contributed by atoms with Crippen molar-refractivity contribution in [3.8, 4) is 0 Å². The summed E-state index contributed by atoms with van der Waals surface area (Å²) in [5, 5.41) is 0. The average Bonchev–Trinajstić information content (AvgIpc) is 2.15. The largest absolute Gasteiger partial charge is 0.356 e. The Kier molecular flexibility index (Phi) is 2.71. The number of nitrogens with zero attached hydrogens (tertiary/aromatic N) is 2. The minimum atomic E-state index is 0.0432. The van der Waals surface area contributed by atoms with Gasteiger partial charge in [0.1, 0.15) is 5.82 Å². The zero-order valence-electron chi connectivity index (χ0n) is 9.23. The highest BCUT2D eigenvalue weighted by Gasteiger charge is 2.16. The number of carbonyl (C=O) groups excluding carboxylic acids is 1. The number of anilines is 1. The van der Waals surface area contributed by atoms with E-state index in [2.05, 4.69) is 9.88 Å². The molecule has 0 amide bonds. The molecule has 0 saturated carbocycles. The van der Waals surface area contributed by atoms with Gasteiger partial charge in [-0.1, -0.05) is 13.8 Å². The van der Waals surface area contributed by atoms with Gasteiger partial charge >= 0.3 is 0 Å². The Morgan fingerprint density at radius 1 is 1.40 bits per heavy atom. The van der Waals surface area contributed by atoms with E-state index < -0.39 is 0 Å². The molecule has 3 heteroatoms. The van der Waals surface area contributed by atoms with E-state index in [0.29, 0.717) is 5.56 Å². The molecule has 3 nitrogen and oxygen atoms in total. The molecule has 0 N–H and O–H groups in total. The van der Waals surface area contributed by atoms with E-state index in [-0.39, 0.29) is 11.7 Å². The second-order valence-corrected chi connectivity index (χ2v) is 4.26. The van der Waals surface area contributed by atoms with Crippen LogP contribution >= 0.6 is 0 Å². The summed E-state index contributed by atoms with van der Waals surface area (Å²) in [5.74, 6) is 1.20. The first-order valence-corrected chi connectivity index (χ1v) is 5.43. The molecule has 0 aliphatic carbocycles. The van der Waals surface area contributed by atoms with Crippen molar-refractivity contribution in [3.63, 3.8) is 0 Å². The topological polar surface area (TPSA) is 33.2 Å². The van der Waals surface area contributed by atoms with Gasteiger partial charge in [0.15, 0.2) is 5.78 Å². The SMILES string of the molecule is CC(C)C(=O)c1ccc(N2CCC2)nc1. The third kappa shape index (κ3) is 2.01. The van der Waals surface area contributed by atoms with E-state index in [0.717, 1.165) is 18.9 Å². The Morgan fingerprint density at radius 2 is 2.13 bits per heavy atom. The minimum Gasteiger partial charge on any atom is -0.356 e. The number of rotatable bonds is 3. The minimum absolute atomic E-state index is 0.0432. The number of pyridine rings is 1. The highest BCUT2D eigenvalue weighted by molar-refractivity contribution is 5.97. The van der Waals surface area contributed by atoms with E-state index in [4.69, 9.17) is 0 Å². The van der Waals surface area contributed by atoms with Crippen LogP contribution < -0.4 is 4.90 Å². The summed E-state index contributed by atoms with van der Waals surface area (Å²) in [6.45, 7) is 5.99. The van der Waals surface area contributed by atoms with Crippen LogP contribution in [0.25, 0.3) is 0 Å². The van der Waals surface area contributed by atoms with Gasteiger partial charge in [0.25, 0.3) is 0 Å². The smallest absolute Gasteiger partial charge is 0.166 e. The summed E-state index contributed by atoms with van der Waals surface area (Å²) >= 11 is 0. The van der Waals surface area contributed by atoms with Gasteiger partial charge in [-0.15, -0.1) is 0 Å². The molecule has 1 saturated heterocycles. The third-order valence-electron chi connectivity index (χ3n) is 2.74. The van der Waals surface area contributed by atoms with Gasteiger partial charge in [-0.25, -0.2) is 4.98 Å².